The van der Waals surface area contributed by atoms with Crippen molar-refractivity contribution < 1.29 is 9.90 Å². The predicted molar refractivity (Wildman–Crippen MR) is 31.9 cm³/mol. The Morgan fingerprint density at radius 3 is 1.62 bits per heavy atom. The van der Waals surface area contributed by atoms with E-state index >= 15 is 0 Å². The molecule has 0 aliphatic carbocycles. The molecule has 0 aromatic rings. The third kappa shape index (κ3) is 1.91. The van der Waals surface area contributed by atoms with Gasteiger partial charge in [-0.05, 0) is 5.47 Å². The van der Waals surface area contributed by atoms with Gasteiger partial charge in [0.1, 0.15) is 7.85 Å². The van der Waals surface area contributed by atoms with Crippen LogP contribution in [-0.2, 0) is 4.79 Å². The smallest absolute Gasteiger partial charge is 0.173 e. The van der Waals surface area contributed by atoms with Crippen molar-refractivity contribution in [2.24, 2.45) is 0 Å². The lowest BCUT2D eigenvalue weighted by molar-refractivity contribution is -0.108. The number of hydrogen-bond donors (Lipinski definition) is 1. The lowest BCUT2D eigenvalue weighted by Crippen LogP contribution is -2.04. The average Bonchev–Trinajstić information content (AvgIpc) is 1.64. The standard InChI is InChI=1S/C3HB3O2/c4-1(2(5)7)3(6)8/h7H/b2-1+. The molecule has 0 aromatic heterocycles. The fraction of sp³-hybridized carbons (Fsp3) is 0. The van der Waals surface area contributed by atoms with E-state index in [0.29, 0.717) is 0 Å². The van der Waals surface area contributed by atoms with Crippen molar-refractivity contribution in [3.05, 3.63) is 11.1 Å². The summed E-state index contributed by atoms with van der Waals surface area (Å²) in [7, 11) is 14.0. The third-order valence-electron chi connectivity index (χ3n) is 0.541. The Labute approximate surface area is 51.2 Å². The fourth-order valence-corrected chi connectivity index (χ4v) is 0.126. The van der Waals surface area contributed by atoms with Crippen LogP contribution in [-0.4, -0.2) is 34.3 Å². The molecule has 0 amide bonds. The van der Waals surface area contributed by atoms with Crippen LogP contribution in [0.15, 0.2) is 11.1 Å². The van der Waals surface area contributed by atoms with Gasteiger partial charge in [-0.25, -0.2) is 0 Å². The highest BCUT2D eigenvalue weighted by Crippen LogP contribution is 1.89. The number of aliphatic hydroxyl groups is 1. The van der Waals surface area contributed by atoms with Crippen molar-refractivity contribution in [2.75, 3.05) is 0 Å². The van der Waals surface area contributed by atoms with Gasteiger partial charge in [0, 0.05) is 5.66 Å². The highest BCUT2D eigenvalue weighted by atomic mass is 16.3. The highest BCUT2D eigenvalue weighted by molar-refractivity contribution is 6.69. The van der Waals surface area contributed by atoms with Crippen LogP contribution >= 0.6 is 0 Å². The zero-order chi connectivity index (χ0) is 6.73. The van der Waals surface area contributed by atoms with E-state index in [2.05, 4.69) is 15.7 Å². The maximum Gasteiger partial charge on any atom is 0.173 e. The molecule has 8 heavy (non-hydrogen) atoms. The zero-order valence-corrected chi connectivity index (χ0v) is 4.09. The van der Waals surface area contributed by atoms with E-state index in [4.69, 9.17) is 13.0 Å². The molecule has 0 aromatic carbocycles. The number of allylic oxidation sites excluding steroid dienone is 1. The molecular formula is C3HB3O2. The molecule has 6 radical (unpaired) electrons. The number of carbonyl (C=O) groups excluding carboxylic acids is 1. The maximum atomic E-state index is 9.94. The minimum atomic E-state index is -0.926. The van der Waals surface area contributed by atoms with Gasteiger partial charge in [-0.3, -0.25) is 0 Å². The first-order chi connectivity index (χ1) is 3.55. The van der Waals surface area contributed by atoms with E-state index in [9.17, 15) is 4.79 Å². The molecule has 0 rings (SSSR count). The lowest BCUT2D eigenvalue weighted by Gasteiger charge is -1.94. The number of rotatable bonds is 1. The van der Waals surface area contributed by atoms with Gasteiger partial charge in [0.25, 0.3) is 0 Å². The molecule has 0 aliphatic heterocycles. The van der Waals surface area contributed by atoms with Gasteiger partial charge in [0.2, 0.25) is 0 Å². The maximum absolute atomic E-state index is 9.94. The fourth-order valence-electron chi connectivity index (χ4n) is 0.126. The Hall–Kier alpha value is -0.595. The molecule has 0 saturated heterocycles. The molecule has 0 saturated carbocycles. The summed E-state index contributed by atoms with van der Waals surface area (Å²) in [5.41, 5.74) is -2.17. The van der Waals surface area contributed by atoms with Gasteiger partial charge in [0.05, 0.1) is 5.68 Å². The van der Waals surface area contributed by atoms with Crippen LogP contribution in [0.2, 0.25) is 0 Å². The van der Waals surface area contributed by atoms with Gasteiger partial charge >= 0.3 is 0 Å². The molecular weight excluding hydrogens is 100 g/mol. The minimum Gasteiger partial charge on any atom is -0.525 e. The van der Waals surface area contributed by atoms with E-state index in [1.807, 2.05) is 0 Å². The number of hydrogen-bond acceptors (Lipinski definition) is 2. The van der Waals surface area contributed by atoms with Crippen molar-refractivity contribution >= 4 is 29.2 Å². The Balaban J connectivity index is 4.23. The number of aliphatic hydroxyl groups excluding tert-OH is 1. The summed E-state index contributed by atoms with van der Waals surface area (Å²) in [6.07, 6.45) is 0. The second-order valence-corrected chi connectivity index (χ2v) is 1.16. The monoisotopic (exact) mass is 102 g/mol. The highest BCUT2D eigenvalue weighted by Gasteiger charge is 1.96. The quantitative estimate of drug-likeness (QED) is 0.255. The Bertz CT molecular complexity index is 135. The SMILES string of the molecule is [B]C(=O)/C([B])=C(/[B])O. The van der Waals surface area contributed by atoms with Gasteiger partial charge in [0.15, 0.2) is 15.7 Å². The molecule has 0 unspecified atom stereocenters. The minimum absolute atomic E-state index is 0.509. The summed E-state index contributed by atoms with van der Waals surface area (Å²) in [5.74, 6) is 0. The van der Waals surface area contributed by atoms with Crippen molar-refractivity contribution in [2.45, 2.75) is 0 Å². The van der Waals surface area contributed by atoms with Crippen LogP contribution in [0.3, 0.4) is 0 Å². The van der Waals surface area contributed by atoms with Crippen LogP contribution in [0, 0.1) is 0 Å². The average molecular weight is 101 g/mol. The van der Waals surface area contributed by atoms with Gasteiger partial charge in [-0.15, -0.1) is 0 Å². The molecule has 2 nitrogen and oxygen atoms in total. The van der Waals surface area contributed by atoms with Crippen LogP contribution in [0.1, 0.15) is 0 Å². The molecule has 0 spiro atoms. The normalized spacial score (nSPS) is 12.5. The van der Waals surface area contributed by atoms with E-state index in [1.165, 1.54) is 0 Å². The van der Waals surface area contributed by atoms with Crippen molar-refractivity contribution in [3.63, 3.8) is 0 Å². The van der Waals surface area contributed by atoms with Gasteiger partial charge in [-0.1, -0.05) is 0 Å². The topological polar surface area (TPSA) is 37.3 Å². The van der Waals surface area contributed by atoms with Crippen LogP contribution < -0.4 is 0 Å². The summed E-state index contributed by atoms with van der Waals surface area (Å²) in [4.78, 5) is 9.94. The molecule has 0 atom stereocenters. The molecule has 0 heterocycles. The van der Waals surface area contributed by atoms with Crippen LogP contribution in [0.5, 0.6) is 0 Å². The van der Waals surface area contributed by atoms with Crippen molar-refractivity contribution in [3.8, 4) is 0 Å². The predicted octanol–water partition coefficient (Wildman–Crippen LogP) is -1.25. The lowest BCUT2D eigenvalue weighted by atomic mass is 9.77. The van der Waals surface area contributed by atoms with E-state index in [1.54, 1.807) is 0 Å². The largest absolute Gasteiger partial charge is 0.525 e. The van der Waals surface area contributed by atoms with Gasteiger partial charge in [-0.2, -0.15) is 0 Å². The summed E-state index contributed by atoms with van der Waals surface area (Å²) in [6.45, 7) is 0. The Morgan fingerprint density at radius 1 is 1.25 bits per heavy atom. The second-order valence-electron chi connectivity index (χ2n) is 1.16. The van der Waals surface area contributed by atoms with Crippen LogP contribution in [0.25, 0.3) is 0 Å². The summed E-state index contributed by atoms with van der Waals surface area (Å²) >= 11 is 0. The van der Waals surface area contributed by atoms with Crippen LogP contribution in [0.4, 0.5) is 0 Å². The first-order valence-electron chi connectivity index (χ1n) is 1.79. The van der Waals surface area contributed by atoms with E-state index in [0.717, 1.165) is 0 Å². The summed E-state index contributed by atoms with van der Waals surface area (Å²) < 4.78 is 0. The summed E-state index contributed by atoms with van der Waals surface area (Å²) in [6, 6.07) is 0. The molecule has 1 N–H and O–H groups in total. The molecule has 34 valence electrons. The zero-order valence-electron chi connectivity index (χ0n) is 4.09. The van der Waals surface area contributed by atoms with Crippen molar-refractivity contribution in [1.29, 1.82) is 0 Å². The summed E-state index contributed by atoms with van der Waals surface area (Å²) in [5, 5.41) is 8.22. The number of carbonyl (C=O) groups is 1. The van der Waals surface area contributed by atoms with Crippen molar-refractivity contribution in [1.82, 2.24) is 0 Å². The van der Waals surface area contributed by atoms with E-state index < -0.39 is 16.8 Å². The van der Waals surface area contributed by atoms with E-state index in [-0.39, 0.29) is 0 Å². The first kappa shape index (κ1) is 7.40. The third-order valence-corrected chi connectivity index (χ3v) is 0.541. The second kappa shape index (κ2) is 2.65. The molecule has 0 fully saturated rings. The van der Waals surface area contributed by atoms with Gasteiger partial charge < -0.3 is 9.90 Å². The molecule has 5 heteroatoms. The Kier molecular flexibility index (Phi) is 2.45. The molecule has 0 aliphatic rings. The molecule has 0 bridgehead atoms. The Morgan fingerprint density at radius 2 is 1.62 bits per heavy atom. The first-order valence-corrected chi connectivity index (χ1v) is 1.79.